The van der Waals surface area contributed by atoms with Gasteiger partial charge in [-0.25, -0.2) is 8.42 Å². The highest BCUT2D eigenvalue weighted by Crippen LogP contribution is 2.36. The van der Waals surface area contributed by atoms with Gasteiger partial charge in [-0.3, -0.25) is 9.69 Å². The lowest BCUT2D eigenvalue weighted by Crippen LogP contribution is -2.44. The van der Waals surface area contributed by atoms with Crippen LogP contribution >= 0.6 is 0 Å². The quantitative estimate of drug-likeness (QED) is 0.689. The average molecular weight is 458 g/mol. The number of amides is 1. The number of carbonyl (C=O) groups is 1. The molecule has 0 saturated carbocycles. The van der Waals surface area contributed by atoms with Crippen molar-refractivity contribution in [2.75, 3.05) is 45.9 Å². The number of hydrogen-bond acceptors (Lipinski definition) is 5. The topological polar surface area (TPSA) is 79.0 Å². The van der Waals surface area contributed by atoms with Crippen molar-refractivity contribution < 1.29 is 17.9 Å². The van der Waals surface area contributed by atoms with Crippen LogP contribution in [0, 0.1) is 6.92 Å². The third kappa shape index (κ3) is 5.20. The van der Waals surface area contributed by atoms with Gasteiger partial charge in [0.1, 0.15) is 0 Å². The van der Waals surface area contributed by atoms with E-state index in [1.807, 2.05) is 31.2 Å². The van der Waals surface area contributed by atoms with Gasteiger partial charge < -0.3 is 10.1 Å². The molecule has 0 aliphatic carbocycles. The van der Waals surface area contributed by atoms with Gasteiger partial charge >= 0.3 is 0 Å². The number of hydrogen-bond donors (Lipinski definition) is 1. The number of nitrogens with zero attached hydrogens (tertiary/aromatic N) is 2. The second-order valence-electron chi connectivity index (χ2n) is 8.40. The number of rotatable bonds is 7. The Kier molecular flexibility index (Phi) is 7.25. The van der Waals surface area contributed by atoms with Crippen molar-refractivity contribution in [1.29, 1.82) is 0 Å². The maximum absolute atomic E-state index is 13.5. The van der Waals surface area contributed by atoms with E-state index in [2.05, 4.69) is 10.2 Å². The van der Waals surface area contributed by atoms with Crippen LogP contribution in [0.3, 0.4) is 0 Å². The van der Waals surface area contributed by atoms with Gasteiger partial charge in [0.2, 0.25) is 15.9 Å². The summed E-state index contributed by atoms with van der Waals surface area (Å²) in [4.78, 5) is 15.4. The standard InChI is InChI=1S/C24H31N3O4S/c1-19-6-8-21(9-7-19)32(29,30)27-12-10-20-4-2-3-5-22(20)23(27)18-24(28)25-11-13-26-14-16-31-17-15-26/h2-9,23H,10-18H2,1H3,(H,25,28)/t23-/m1/s1. The summed E-state index contributed by atoms with van der Waals surface area (Å²) in [6.45, 7) is 6.77. The summed E-state index contributed by atoms with van der Waals surface area (Å²) in [7, 11) is -3.72. The molecule has 1 N–H and O–H groups in total. The molecule has 0 bridgehead atoms. The molecule has 0 aromatic heterocycles. The Balaban J connectivity index is 1.50. The van der Waals surface area contributed by atoms with E-state index in [0.29, 0.717) is 19.5 Å². The van der Waals surface area contributed by atoms with E-state index >= 15 is 0 Å². The van der Waals surface area contributed by atoms with Crippen LogP contribution in [0.2, 0.25) is 0 Å². The van der Waals surface area contributed by atoms with E-state index in [4.69, 9.17) is 4.74 Å². The number of sulfonamides is 1. The first kappa shape index (κ1) is 22.9. The number of ether oxygens (including phenoxy) is 1. The molecule has 1 saturated heterocycles. The highest BCUT2D eigenvalue weighted by molar-refractivity contribution is 7.89. The fourth-order valence-electron chi connectivity index (χ4n) is 4.40. The van der Waals surface area contributed by atoms with Crippen molar-refractivity contribution in [3.63, 3.8) is 0 Å². The third-order valence-electron chi connectivity index (χ3n) is 6.22. The highest BCUT2D eigenvalue weighted by atomic mass is 32.2. The lowest BCUT2D eigenvalue weighted by Gasteiger charge is -2.36. The Morgan fingerprint density at radius 1 is 1.06 bits per heavy atom. The molecule has 0 spiro atoms. The zero-order valence-electron chi connectivity index (χ0n) is 18.5. The molecule has 0 radical (unpaired) electrons. The van der Waals surface area contributed by atoms with Crippen molar-refractivity contribution in [2.24, 2.45) is 0 Å². The van der Waals surface area contributed by atoms with Gasteiger partial charge in [0.15, 0.2) is 0 Å². The lowest BCUT2D eigenvalue weighted by atomic mass is 9.92. The molecule has 172 valence electrons. The second kappa shape index (κ2) is 10.1. The maximum atomic E-state index is 13.5. The summed E-state index contributed by atoms with van der Waals surface area (Å²) in [5, 5.41) is 2.98. The highest BCUT2D eigenvalue weighted by Gasteiger charge is 2.37. The van der Waals surface area contributed by atoms with E-state index < -0.39 is 16.1 Å². The second-order valence-corrected chi connectivity index (χ2v) is 10.3. The molecule has 1 fully saturated rings. The summed E-state index contributed by atoms with van der Waals surface area (Å²) in [6, 6.07) is 14.2. The van der Waals surface area contributed by atoms with Gasteiger partial charge in [0.25, 0.3) is 0 Å². The summed E-state index contributed by atoms with van der Waals surface area (Å²) < 4.78 is 33.9. The Morgan fingerprint density at radius 3 is 2.53 bits per heavy atom. The summed E-state index contributed by atoms with van der Waals surface area (Å²) in [5.41, 5.74) is 3.02. The third-order valence-corrected chi connectivity index (χ3v) is 8.15. The molecule has 2 aliphatic heterocycles. The zero-order valence-corrected chi connectivity index (χ0v) is 19.3. The van der Waals surface area contributed by atoms with Crippen LogP contribution in [0.1, 0.15) is 29.2 Å². The van der Waals surface area contributed by atoms with E-state index in [9.17, 15) is 13.2 Å². The van der Waals surface area contributed by atoms with Crippen molar-refractivity contribution in [2.45, 2.75) is 30.7 Å². The lowest BCUT2D eigenvalue weighted by molar-refractivity contribution is -0.122. The molecule has 2 aromatic carbocycles. The van der Waals surface area contributed by atoms with E-state index in [1.54, 1.807) is 24.3 Å². The van der Waals surface area contributed by atoms with Crippen molar-refractivity contribution in [3.8, 4) is 0 Å². The molecule has 32 heavy (non-hydrogen) atoms. The summed E-state index contributed by atoms with van der Waals surface area (Å²) in [6.07, 6.45) is 0.738. The molecule has 2 heterocycles. The van der Waals surface area contributed by atoms with Gasteiger partial charge in [0, 0.05) is 39.1 Å². The minimum atomic E-state index is -3.72. The first-order chi connectivity index (χ1) is 15.4. The maximum Gasteiger partial charge on any atom is 0.243 e. The largest absolute Gasteiger partial charge is 0.379 e. The molecule has 2 aromatic rings. The summed E-state index contributed by atoms with van der Waals surface area (Å²) >= 11 is 0. The average Bonchev–Trinajstić information content (AvgIpc) is 2.80. The van der Waals surface area contributed by atoms with Crippen LogP contribution in [0.4, 0.5) is 0 Å². The van der Waals surface area contributed by atoms with Crippen molar-refractivity contribution in [1.82, 2.24) is 14.5 Å². The first-order valence-corrected chi connectivity index (χ1v) is 12.6. The van der Waals surface area contributed by atoms with E-state index in [1.165, 1.54) is 4.31 Å². The van der Waals surface area contributed by atoms with Crippen LogP contribution in [0.15, 0.2) is 53.4 Å². The Morgan fingerprint density at radius 2 is 1.78 bits per heavy atom. The van der Waals surface area contributed by atoms with Gasteiger partial charge in [-0.2, -0.15) is 4.31 Å². The smallest absolute Gasteiger partial charge is 0.243 e. The van der Waals surface area contributed by atoms with Crippen molar-refractivity contribution >= 4 is 15.9 Å². The number of benzene rings is 2. The Labute approximate surface area is 190 Å². The number of aryl methyl sites for hydroxylation is 1. The molecule has 1 amide bonds. The molecule has 7 nitrogen and oxygen atoms in total. The monoisotopic (exact) mass is 457 g/mol. The molecule has 2 aliphatic rings. The SMILES string of the molecule is Cc1ccc(S(=O)(=O)N2CCc3ccccc3[C@H]2CC(=O)NCCN2CCOCC2)cc1. The van der Waals surface area contributed by atoms with E-state index in [-0.39, 0.29) is 17.2 Å². The minimum Gasteiger partial charge on any atom is -0.379 e. The fraction of sp³-hybridized carbons (Fsp3) is 0.458. The molecular weight excluding hydrogens is 426 g/mol. The normalized spacial score (nSPS) is 20.0. The fourth-order valence-corrected chi connectivity index (χ4v) is 6.01. The van der Waals surface area contributed by atoms with Crippen LogP contribution in [-0.2, 0) is 26.0 Å². The molecule has 1 atom stereocenters. The van der Waals surface area contributed by atoms with Crippen LogP contribution in [0.5, 0.6) is 0 Å². The van der Waals surface area contributed by atoms with E-state index in [0.717, 1.165) is 49.5 Å². The predicted molar refractivity (Wildman–Crippen MR) is 123 cm³/mol. The van der Waals surface area contributed by atoms with Gasteiger partial charge in [0.05, 0.1) is 24.2 Å². The first-order valence-electron chi connectivity index (χ1n) is 11.2. The van der Waals surface area contributed by atoms with Crippen LogP contribution in [0.25, 0.3) is 0 Å². The number of nitrogens with one attached hydrogen (secondary N) is 1. The summed E-state index contributed by atoms with van der Waals surface area (Å²) in [5.74, 6) is -0.135. The number of morpholine rings is 1. The molecule has 4 rings (SSSR count). The Bertz CT molecular complexity index is 1030. The van der Waals surface area contributed by atoms with Crippen LogP contribution in [-0.4, -0.2) is 69.5 Å². The number of carbonyl (C=O) groups excluding carboxylic acids is 1. The predicted octanol–water partition coefficient (Wildman–Crippen LogP) is 2.12. The number of fused-ring (bicyclic) bond motifs is 1. The van der Waals surface area contributed by atoms with Crippen LogP contribution < -0.4 is 5.32 Å². The molecule has 0 unspecified atom stereocenters. The van der Waals surface area contributed by atoms with Gasteiger partial charge in [-0.05, 0) is 36.6 Å². The zero-order chi connectivity index (χ0) is 22.6. The minimum absolute atomic E-state index is 0.102. The van der Waals surface area contributed by atoms with Gasteiger partial charge in [-0.15, -0.1) is 0 Å². The van der Waals surface area contributed by atoms with Crippen molar-refractivity contribution in [3.05, 3.63) is 65.2 Å². The molecule has 8 heteroatoms. The molecular formula is C24H31N3O4S. The van der Waals surface area contributed by atoms with Gasteiger partial charge in [-0.1, -0.05) is 42.0 Å². The Hall–Kier alpha value is -2.26.